The zero-order chi connectivity index (χ0) is 23.9. The molecule has 8 nitrogen and oxygen atoms in total. The highest BCUT2D eigenvalue weighted by molar-refractivity contribution is 5.97. The lowest BCUT2D eigenvalue weighted by Crippen LogP contribution is -2.31. The van der Waals surface area contributed by atoms with Crippen LogP contribution in [0.1, 0.15) is 18.2 Å². The molecule has 0 aliphatic carbocycles. The number of hydrogen-bond acceptors (Lipinski definition) is 8. The first-order chi connectivity index (χ1) is 17.1. The van der Waals surface area contributed by atoms with Gasteiger partial charge >= 0.3 is 11.3 Å². The lowest BCUT2D eigenvalue weighted by Gasteiger charge is -2.28. The van der Waals surface area contributed by atoms with Crippen molar-refractivity contribution in [1.29, 1.82) is 0 Å². The first kappa shape index (κ1) is 21.2. The average Bonchev–Trinajstić information content (AvgIpc) is 3.37. The van der Waals surface area contributed by atoms with E-state index in [2.05, 4.69) is 0 Å². The number of benzene rings is 2. The van der Waals surface area contributed by atoms with Crippen LogP contribution in [0.15, 0.2) is 83.7 Å². The van der Waals surface area contributed by atoms with Crippen LogP contribution in [-0.4, -0.2) is 18.2 Å². The van der Waals surface area contributed by atoms with Crippen LogP contribution < -0.4 is 20.7 Å². The Kier molecular flexibility index (Phi) is 5.15. The standard InChI is InChI=1S/C27H21NO7/c1-2-31-23-7-3-5-16-11-20(27(30)35-25(16)23)19-12-24(29)34-26-18(19)8-9-22-21(26)14-28(15-33-22)13-17-6-4-10-32-17/h3-12H,2,13-15H2,1H3. The largest absolute Gasteiger partial charge is 0.490 e. The zero-order valence-electron chi connectivity index (χ0n) is 18.9. The molecule has 6 rings (SSSR count). The topological polar surface area (TPSA) is 95.3 Å². The van der Waals surface area contributed by atoms with E-state index in [4.69, 9.17) is 22.7 Å². The SMILES string of the molecule is CCOc1cccc2cc(-c3cc(=O)oc4c5c(ccc34)OCN(Cc3ccco3)C5)c(=O)oc12. The van der Waals surface area contributed by atoms with Gasteiger partial charge in [0.1, 0.15) is 23.8 Å². The molecule has 0 saturated carbocycles. The molecule has 4 heterocycles. The minimum atomic E-state index is -0.565. The van der Waals surface area contributed by atoms with Crippen molar-refractivity contribution in [2.75, 3.05) is 13.3 Å². The van der Waals surface area contributed by atoms with E-state index in [9.17, 15) is 9.59 Å². The van der Waals surface area contributed by atoms with Gasteiger partial charge in [-0.15, -0.1) is 0 Å². The summed E-state index contributed by atoms with van der Waals surface area (Å²) in [7, 11) is 0. The Balaban J connectivity index is 1.49. The molecule has 0 radical (unpaired) electrons. The van der Waals surface area contributed by atoms with Gasteiger partial charge in [0, 0.05) is 28.9 Å². The summed E-state index contributed by atoms with van der Waals surface area (Å²) < 4.78 is 28.3. The number of hydrogen-bond donors (Lipinski definition) is 0. The van der Waals surface area contributed by atoms with Gasteiger partial charge in [-0.05, 0) is 43.3 Å². The van der Waals surface area contributed by atoms with Crippen LogP contribution >= 0.6 is 0 Å². The van der Waals surface area contributed by atoms with Crippen LogP contribution in [0.3, 0.4) is 0 Å². The monoisotopic (exact) mass is 471 g/mol. The van der Waals surface area contributed by atoms with Gasteiger partial charge in [-0.25, -0.2) is 9.59 Å². The second kappa shape index (κ2) is 8.48. The van der Waals surface area contributed by atoms with E-state index >= 15 is 0 Å². The van der Waals surface area contributed by atoms with Crippen molar-refractivity contribution >= 4 is 21.9 Å². The Hall–Kier alpha value is -4.30. The average molecular weight is 471 g/mol. The van der Waals surface area contributed by atoms with E-state index in [1.54, 1.807) is 24.5 Å². The summed E-state index contributed by atoms with van der Waals surface area (Å²) >= 11 is 0. The number of para-hydroxylation sites is 1. The molecule has 0 amide bonds. The van der Waals surface area contributed by atoms with Gasteiger partial charge in [0.15, 0.2) is 11.3 Å². The second-order valence-electron chi connectivity index (χ2n) is 8.29. The zero-order valence-corrected chi connectivity index (χ0v) is 18.9. The molecular weight excluding hydrogens is 450 g/mol. The Morgan fingerprint density at radius 3 is 2.71 bits per heavy atom. The molecule has 0 fully saturated rings. The predicted octanol–water partition coefficient (Wildman–Crippen LogP) is 4.91. The number of ether oxygens (including phenoxy) is 2. The molecule has 0 saturated heterocycles. The fraction of sp³-hybridized carbons (Fsp3) is 0.185. The van der Waals surface area contributed by atoms with Gasteiger partial charge in [-0.2, -0.15) is 0 Å². The van der Waals surface area contributed by atoms with Crippen LogP contribution in [0.5, 0.6) is 11.5 Å². The van der Waals surface area contributed by atoms with Crippen LogP contribution in [0.2, 0.25) is 0 Å². The van der Waals surface area contributed by atoms with E-state index in [-0.39, 0.29) is 5.56 Å². The third-order valence-electron chi connectivity index (χ3n) is 6.03. The highest BCUT2D eigenvalue weighted by Crippen LogP contribution is 2.36. The van der Waals surface area contributed by atoms with Crippen molar-refractivity contribution < 1.29 is 22.7 Å². The van der Waals surface area contributed by atoms with Gasteiger partial charge in [-0.3, -0.25) is 4.90 Å². The number of nitrogens with zero attached hydrogens (tertiary/aromatic N) is 1. The maximum Gasteiger partial charge on any atom is 0.344 e. The quantitative estimate of drug-likeness (QED) is 0.334. The summed E-state index contributed by atoms with van der Waals surface area (Å²) in [4.78, 5) is 27.7. The Morgan fingerprint density at radius 2 is 1.89 bits per heavy atom. The van der Waals surface area contributed by atoms with Crippen LogP contribution in [0, 0.1) is 0 Å². The second-order valence-corrected chi connectivity index (χ2v) is 8.29. The molecular formula is C27H21NO7. The fourth-order valence-electron chi connectivity index (χ4n) is 4.50. The molecule has 3 aromatic heterocycles. The predicted molar refractivity (Wildman–Crippen MR) is 129 cm³/mol. The minimum absolute atomic E-state index is 0.271. The Bertz CT molecular complexity index is 1660. The van der Waals surface area contributed by atoms with E-state index < -0.39 is 11.3 Å². The normalized spacial score (nSPS) is 13.6. The molecule has 176 valence electrons. The van der Waals surface area contributed by atoms with Gasteiger partial charge in [-0.1, -0.05) is 12.1 Å². The first-order valence-electron chi connectivity index (χ1n) is 11.3. The van der Waals surface area contributed by atoms with Crippen molar-refractivity contribution in [3.8, 4) is 22.6 Å². The molecule has 0 spiro atoms. The van der Waals surface area contributed by atoms with Crippen LogP contribution in [0.4, 0.5) is 0 Å². The summed E-state index contributed by atoms with van der Waals surface area (Å²) in [5.41, 5.74) is 1.08. The number of fused-ring (bicyclic) bond motifs is 4. The lowest BCUT2D eigenvalue weighted by atomic mass is 9.99. The molecule has 8 heteroatoms. The summed E-state index contributed by atoms with van der Waals surface area (Å²) in [6, 6.07) is 15.8. The van der Waals surface area contributed by atoms with Crippen molar-refractivity contribution in [2.24, 2.45) is 0 Å². The Labute approximate surface area is 198 Å². The van der Waals surface area contributed by atoms with Crippen LogP contribution in [0.25, 0.3) is 33.1 Å². The van der Waals surface area contributed by atoms with Gasteiger partial charge in [0.25, 0.3) is 0 Å². The maximum atomic E-state index is 13.1. The smallest absolute Gasteiger partial charge is 0.344 e. The minimum Gasteiger partial charge on any atom is -0.490 e. The van der Waals surface area contributed by atoms with Gasteiger partial charge in [0.05, 0.1) is 30.5 Å². The summed E-state index contributed by atoms with van der Waals surface area (Å²) in [5.74, 6) is 1.94. The molecule has 1 aliphatic rings. The number of furan rings is 1. The lowest BCUT2D eigenvalue weighted by molar-refractivity contribution is 0.0826. The summed E-state index contributed by atoms with van der Waals surface area (Å²) in [6.45, 7) is 3.71. The van der Waals surface area contributed by atoms with Crippen molar-refractivity contribution in [3.63, 3.8) is 0 Å². The molecule has 0 unspecified atom stereocenters. The highest BCUT2D eigenvalue weighted by atomic mass is 16.5. The van der Waals surface area contributed by atoms with E-state index in [0.29, 0.717) is 65.4 Å². The summed E-state index contributed by atoms with van der Waals surface area (Å²) in [6.07, 6.45) is 1.63. The van der Waals surface area contributed by atoms with E-state index in [1.807, 2.05) is 42.2 Å². The van der Waals surface area contributed by atoms with E-state index in [1.165, 1.54) is 6.07 Å². The molecule has 2 aromatic carbocycles. The Morgan fingerprint density at radius 1 is 0.971 bits per heavy atom. The van der Waals surface area contributed by atoms with Crippen LogP contribution in [-0.2, 0) is 13.1 Å². The van der Waals surface area contributed by atoms with Gasteiger partial charge in [0.2, 0.25) is 0 Å². The first-order valence-corrected chi connectivity index (χ1v) is 11.3. The molecule has 35 heavy (non-hydrogen) atoms. The van der Waals surface area contributed by atoms with Crippen molar-refractivity contribution in [2.45, 2.75) is 20.0 Å². The highest BCUT2D eigenvalue weighted by Gasteiger charge is 2.24. The number of rotatable bonds is 5. The molecule has 0 atom stereocenters. The fourth-order valence-corrected chi connectivity index (χ4v) is 4.50. The van der Waals surface area contributed by atoms with Crippen molar-refractivity contribution in [3.05, 3.63) is 93.0 Å². The molecule has 1 aliphatic heterocycles. The van der Waals surface area contributed by atoms with E-state index in [0.717, 1.165) is 11.3 Å². The van der Waals surface area contributed by atoms with Crippen molar-refractivity contribution in [1.82, 2.24) is 4.90 Å². The van der Waals surface area contributed by atoms with Gasteiger partial charge < -0.3 is 22.7 Å². The third kappa shape index (κ3) is 3.77. The third-order valence-corrected chi connectivity index (χ3v) is 6.03. The molecule has 0 bridgehead atoms. The molecule has 0 N–H and O–H groups in total. The summed E-state index contributed by atoms with van der Waals surface area (Å²) in [5, 5.41) is 1.32. The maximum absolute atomic E-state index is 13.1. The molecule has 5 aromatic rings.